The molecule has 1 amide bonds. The number of benzene rings is 2. The van der Waals surface area contributed by atoms with Gasteiger partial charge in [-0.05, 0) is 18.2 Å². The third-order valence-electron chi connectivity index (χ3n) is 4.44. The summed E-state index contributed by atoms with van der Waals surface area (Å²) >= 11 is 6.15. The quantitative estimate of drug-likeness (QED) is 0.721. The average molecular weight is 384 g/mol. The lowest BCUT2D eigenvalue weighted by molar-refractivity contribution is -0.122. The van der Waals surface area contributed by atoms with Crippen molar-refractivity contribution in [1.82, 2.24) is 15.5 Å². The Labute approximate surface area is 161 Å². The van der Waals surface area contributed by atoms with Crippen LogP contribution in [-0.2, 0) is 11.2 Å². The number of halogens is 1. The lowest BCUT2D eigenvalue weighted by atomic mass is 10.0. The summed E-state index contributed by atoms with van der Waals surface area (Å²) in [6, 6.07) is 15.0. The molecule has 1 aromatic heterocycles. The number of carbonyl (C=O) groups excluding carboxylic acids is 1. The largest absolute Gasteiger partial charge is 0.493 e. The molecule has 0 unspecified atom stereocenters. The molecule has 0 aliphatic carbocycles. The third kappa shape index (κ3) is 3.95. The number of para-hydroxylation sites is 1. The number of carbonyl (C=O) groups is 1. The maximum atomic E-state index is 12.4. The first-order valence-electron chi connectivity index (χ1n) is 8.79. The monoisotopic (exact) mass is 383 g/mol. The van der Waals surface area contributed by atoms with Gasteiger partial charge in [-0.25, -0.2) is 0 Å². The number of aromatic nitrogens is 2. The Kier molecular flexibility index (Phi) is 5.07. The van der Waals surface area contributed by atoms with Crippen LogP contribution in [0.25, 0.3) is 11.4 Å². The van der Waals surface area contributed by atoms with Gasteiger partial charge < -0.3 is 14.6 Å². The van der Waals surface area contributed by atoms with Crippen LogP contribution < -0.4 is 10.1 Å². The summed E-state index contributed by atoms with van der Waals surface area (Å²) in [5, 5.41) is 7.57. The Hall–Kier alpha value is -2.86. The van der Waals surface area contributed by atoms with Crippen LogP contribution in [0.2, 0.25) is 5.02 Å². The molecule has 1 N–H and O–H groups in total. The number of rotatable bonds is 5. The van der Waals surface area contributed by atoms with Crippen LogP contribution in [-0.4, -0.2) is 22.7 Å². The van der Waals surface area contributed by atoms with E-state index in [0.717, 1.165) is 17.7 Å². The molecule has 1 atom stereocenters. The predicted octanol–water partition coefficient (Wildman–Crippen LogP) is 3.96. The van der Waals surface area contributed by atoms with Gasteiger partial charge >= 0.3 is 0 Å². The molecule has 138 valence electrons. The van der Waals surface area contributed by atoms with E-state index in [1.807, 2.05) is 42.5 Å². The van der Waals surface area contributed by atoms with Crippen molar-refractivity contribution in [2.45, 2.75) is 25.3 Å². The van der Waals surface area contributed by atoms with Crippen LogP contribution in [0, 0.1) is 0 Å². The molecule has 1 aliphatic heterocycles. The van der Waals surface area contributed by atoms with Crippen LogP contribution in [0.15, 0.2) is 53.1 Å². The maximum Gasteiger partial charge on any atom is 0.227 e. The highest BCUT2D eigenvalue weighted by Gasteiger charge is 2.22. The summed E-state index contributed by atoms with van der Waals surface area (Å²) in [4.78, 5) is 16.7. The molecule has 0 saturated heterocycles. The highest BCUT2D eigenvalue weighted by atomic mass is 35.5. The predicted molar refractivity (Wildman–Crippen MR) is 101 cm³/mol. The molecule has 27 heavy (non-hydrogen) atoms. The van der Waals surface area contributed by atoms with Gasteiger partial charge in [0.25, 0.3) is 0 Å². The van der Waals surface area contributed by atoms with Crippen molar-refractivity contribution in [3.05, 3.63) is 65.0 Å². The van der Waals surface area contributed by atoms with Crippen LogP contribution in [0.1, 0.15) is 30.3 Å². The second-order valence-corrected chi connectivity index (χ2v) is 6.69. The van der Waals surface area contributed by atoms with E-state index in [1.165, 1.54) is 0 Å². The van der Waals surface area contributed by atoms with Crippen LogP contribution in [0.3, 0.4) is 0 Å². The maximum absolute atomic E-state index is 12.4. The number of fused-ring (bicyclic) bond motifs is 1. The summed E-state index contributed by atoms with van der Waals surface area (Å²) in [5.74, 6) is 1.60. The van der Waals surface area contributed by atoms with E-state index < -0.39 is 0 Å². The lowest BCUT2D eigenvalue weighted by Gasteiger charge is -2.26. The minimum Gasteiger partial charge on any atom is -0.493 e. The summed E-state index contributed by atoms with van der Waals surface area (Å²) in [6.07, 6.45) is 1.39. The molecular formula is C20H18ClN3O3. The van der Waals surface area contributed by atoms with E-state index >= 15 is 0 Å². The molecule has 3 aromatic rings. The Morgan fingerprint density at radius 1 is 1.19 bits per heavy atom. The lowest BCUT2D eigenvalue weighted by Crippen LogP contribution is -2.32. The highest BCUT2D eigenvalue weighted by molar-refractivity contribution is 6.33. The molecule has 6 nitrogen and oxygen atoms in total. The fourth-order valence-electron chi connectivity index (χ4n) is 3.09. The standard InChI is InChI=1S/C20H18ClN3O3/c21-15-7-3-1-5-13(15)20-23-19(27-24-20)10-9-18(25)22-16-11-12-26-17-8-4-2-6-14(16)17/h1-8,16H,9-12H2,(H,22,25)/t16-/m1/s1. The number of hydrogen-bond donors (Lipinski definition) is 1. The van der Waals surface area contributed by atoms with Crippen molar-refractivity contribution < 1.29 is 14.1 Å². The van der Waals surface area contributed by atoms with Crippen molar-refractivity contribution >= 4 is 17.5 Å². The Balaban J connectivity index is 1.36. The zero-order valence-electron chi connectivity index (χ0n) is 14.5. The second kappa shape index (κ2) is 7.80. The van der Waals surface area contributed by atoms with Crippen LogP contribution >= 0.6 is 11.6 Å². The average Bonchev–Trinajstić information content (AvgIpc) is 3.16. The Morgan fingerprint density at radius 3 is 2.89 bits per heavy atom. The Bertz CT molecular complexity index is 957. The Morgan fingerprint density at radius 2 is 2.00 bits per heavy atom. The third-order valence-corrected chi connectivity index (χ3v) is 4.77. The number of aryl methyl sites for hydroxylation is 1. The highest BCUT2D eigenvalue weighted by Crippen LogP contribution is 2.31. The molecule has 7 heteroatoms. The number of ether oxygens (including phenoxy) is 1. The van der Waals surface area contributed by atoms with E-state index in [0.29, 0.717) is 35.3 Å². The molecule has 1 aliphatic rings. The van der Waals surface area contributed by atoms with Crippen LogP contribution in [0.4, 0.5) is 0 Å². The zero-order chi connectivity index (χ0) is 18.6. The zero-order valence-corrected chi connectivity index (χ0v) is 15.3. The smallest absolute Gasteiger partial charge is 0.227 e. The molecule has 0 bridgehead atoms. The van der Waals surface area contributed by atoms with Gasteiger partial charge in [0, 0.05) is 30.4 Å². The van der Waals surface area contributed by atoms with Gasteiger partial charge in [0.15, 0.2) is 0 Å². The number of amides is 1. The number of nitrogens with one attached hydrogen (secondary N) is 1. The summed E-state index contributed by atoms with van der Waals surface area (Å²) in [6.45, 7) is 0.590. The van der Waals surface area contributed by atoms with Crippen molar-refractivity contribution in [3.63, 3.8) is 0 Å². The van der Waals surface area contributed by atoms with Gasteiger partial charge in [0.1, 0.15) is 5.75 Å². The first-order chi connectivity index (χ1) is 13.2. The van der Waals surface area contributed by atoms with Crippen molar-refractivity contribution in [1.29, 1.82) is 0 Å². The normalized spacial score (nSPS) is 15.7. The molecule has 0 saturated carbocycles. The summed E-state index contributed by atoms with van der Waals surface area (Å²) < 4.78 is 10.9. The van der Waals surface area contributed by atoms with Gasteiger partial charge in [-0.1, -0.05) is 47.1 Å². The SMILES string of the molecule is O=C(CCc1nc(-c2ccccc2Cl)no1)N[C@@H]1CCOc2ccccc21. The minimum absolute atomic E-state index is 0.0381. The van der Waals surface area contributed by atoms with Gasteiger partial charge in [-0.3, -0.25) is 4.79 Å². The molecule has 4 rings (SSSR count). The first-order valence-corrected chi connectivity index (χ1v) is 9.17. The van der Waals surface area contributed by atoms with Gasteiger partial charge in [0.2, 0.25) is 17.6 Å². The van der Waals surface area contributed by atoms with E-state index in [4.69, 9.17) is 20.9 Å². The molecule has 2 aromatic carbocycles. The van der Waals surface area contributed by atoms with E-state index in [1.54, 1.807) is 6.07 Å². The van der Waals surface area contributed by atoms with E-state index in [-0.39, 0.29) is 18.4 Å². The number of hydrogen-bond acceptors (Lipinski definition) is 5. The molecule has 0 radical (unpaired) electrons. The van der Waals surface area contributed by atoms with Gasteiger partial charge in [-0.2, -0.15) is 4.98 Å². The molecule has 2 heterocycles. The first kappa shape index (κ1) is 17.5. The van der Waals surface area contributed by atoms with Gasteiger partial charge in [-0.15, -0.1) is 0 Å². The fourth-order valence-corrected chi connectivity index (χ4v) is 3.31. The minimum atomic E-state index is -0.0609. The summed E-state index contributed by atoms with van der Waals surface area (Å²) in [7, 11) is 0. The molecule has 0 spiro atoms. The number of nitrogens with zero attached hydrogens (tertiary/aromatic N) is 2. The van der Waals surface area contributed by atoms with E-state index in [2.05, 4.69) is 15.5 Å². The van der Waals surface area contributed by atoms with E-state index in [9.17, 15) is 4.79 Å². The van der Waals surface area contributed by atoms with Crippen molar-refractivity contribution in [2.24, 2.45) is 0 Å². The van der Waals surface area contributed by atoms with Crippen molar-refractivity contribution in [3.8, 4) is 17.1 Å². The molecular weight excluding hydrogens is 366 g/mol. The fraction of sp³-hybridized carbons (Fsp3) is 0.250. The second-order valence-electron chi connectivity index (χ2n) is 6.29. The summed E-state index contributed by atoms with van der Waals surface area (Å²) in [5.41, 5.74) is 1.72. The van der Waals surface area contributed by atoms with Crippen LogP contribution in [0.5, 0.6) is 5.75 Å². The topological polar surface area (TPSA) is 77.2 Å². The molecule has 0 fully saturated rings. The van der Waals surface area contributed by atoms with Gasteiger partial charge in [0.05, 0.1) is 17.7 Å². The van der Waals surface area contributed by atoms with Crippen molar-refractivity contribution in [2.75, 3.05) is 6.61 Å².